The van der Waals surface area contributed by atoms with Gasteiger partial charge in [-0.1, -0.05) is 12.1 Å². The van der Waals surface area contributed by atoms with Gasteiger partial charge in [-0.3, -0.25) is 9.67 Å². The lowest BCUT2D eigenvalue weighted by molar-refractivity contribution is 0.496. The Morgan fingerprint density at radius 2 is 2.00 bits per heavy atom. The average Bonchev–Trinajstić information content (AvgIpc) is 3.14. The summed E-state index contributed by atoms with van der Waals surface area (Å²) in [6.45, 7) is 6.12. The molecule has 3 heterocycles. The number of hydrogen-bond acceptors (Lipinski definition) is 4. The molecule has 1 aromatic carbocycles. The number of nitrogens with zero attached hydrogens (tertiary/aromatic N) is 5. The van der Waals surface area contributed by atoms with E-state index in [-0.39, 0.29) is 0 Å². The van der Waals surface area contributed by atoms with E-state index in [9.17, 15) is 0 Å². The second kappa shape index (κ2) is 5.65. The van der Waals surface area contributed by atoms with Gasteiger partial charge >= 0.3 is 0 Å². The van der Waals surface area contributed by atoms with Crippen LogP contribution in [0.3, 0.4) is 0 Å². The van der Waals surface area contributed by atoms with Gasteiger partial charge in [-0.05, 0) is 44.9 Å². The predicted octanol–water partition coefficient (Wildman–Crippen LogP) is 3.11. The van der Waals surface area contributed by atoms with Crippen LogP contribution in [-0.4, -0.2) is 32.3 Å². The third-order valence-corrected chi connectivity index (χ3v) is 4.59. The lowest BCUT2D eigenvalue weighted by atomic mass is 10.2. The Kier molecular flexibility index (Phi) is 3.48. The highest BCUT2D eigenvalue weighted by atomic mass is 15.3. The Morgan fingerprint density at radius 1 is 1.17 bits per heavy atom. The minimum Gasteiger partial charge on any atom is -0.350 e. The van der Waals surface area contributed by atoms with E-state index in [1.54, 1.807) is 0 Å². The van der Waals surface area contributed by atoms with Crippen LogP contribution in [0, 0.1) is 13.8 Å². The smallest absolute Gasteiger partial charge is 0.148 e. The fourth-order valence-electron chi connectivity index (χ4n) is 3.47. The molecule has 5 nitrogen and oxygen atoms in total. The zero-order valence-electron chi connectivity index (χ0n) is 13.6. The predicted molar refractivity (Wildman–Crippen MR) is 91.6 cm³/mol. The summed E-state index contributed by atoms with van der Waals surface area (Å²) in [5, 5.41) is 4.61. The molecule has 1 fully saturated rings. The molecule has 3 aromatic rings. The van der Waals surface area contributed by atoms with Crippen LogP contribution in [0.2, 0.25) is 0 Å². The van der Waals surface area contributed by atoms with E-state index < -0.39 is 0 Å². The van der Waals surface area contributed by atoms with Crippen LogP contribution in [0.5, 0.6) is 0 Å². The van der Waals surface area contributed by atoms with Crippen molar-refractivity contribution in [3.05, 3.63) is 47.9 Å². The minimum atomic E-state index is 0.434. The number of aromatic nitrogens is 4. The lowest BCUT2D eigenvalue weighted by Gasteiger charge is -2.26. The fraction of sp³-hybridized carbons (Fsp3) is 0.389. The molecule has 1 atom stereocenters. The number of rotatable bonds is 3. The molecule has 0 aliphatic carbocycles. The third kappa shape index (κ3) is 2.67. The molecular weight excluding hydrogens is 286 g/mol. The molecule has 1 aliphatic rings. The van der Waals surface area contributed by atoms with E-state index in [0.717, 1.165) is 35.6 Å². The molecule has 4 rings (SSSR count). The van der Waals surface area contributed by atoms with Gasteiger partial charge in [0.05, 0.1) is 35.5 Å². The zero-order valence-corrected chi connectivity index (χ0v) is 13.6. The van der Waals surface area contributed by atoms with Crippen LogP contribution in [0.15, 0.2) is 36.5 Å². The maximum atomic E-state index is 4.81. The van der Waals surface area contributed by atoms with E-state index in [1.165, 1.54) is 18.5 Å². The maximum absolute atomic E-state index is 4.81. The van der Waals surface area contributed by atoms with Crippen molar-refractivity contribution in [2.75, 3.05) is 11.4 Å². The quantitative estimate of drug-likeness (QED) is 0.746. The Morgan fingerprint density at radius 3 is 2.78 bits per heavy atom. The van der Waals surface area contributed by atoms with Crippen LogP contribution in [-0.2, 0) is 6.54 Å². The van der Waals surface area contributed by atoms with E-state index in [0.29, 0.717) is 6.04 Å². The third-order valence-electron chi connectivity index (χ3n) is 4.59. The highest BCUT2D eigenvalue weighted by molar-refractivity contribution is 5.75. The molecule has 0 radical (unpaired) electrons. The van der Waals surface area contributed by atoms with Crippen molar-refractivity contribution < 1.29 is 0 Å². The molecule has 0 saturated carbocycles. The number of benzene rings is 1. The monoisotopic (exact) mass is 307 g/mol. The van der Waals surface area contributed by atoms with Gasteiger partial charge in [0, 0.05) is 12.2 Å². The Labute approximate surface area is 136 Å². The highest BCUT2D eigenvalue weighted by Gasteiger charge is 2.27. The van der Waals surface area contributed by atoms with Crippen molar-refractivity contribution >= 4 is 16.9 Å². The summed E-state index contributed by atoms with van der Waals surface area (Å²) >= 11 is 0. The van der Waals surface area contributed by atoms with E-state index in [1.807, 2.05) is 37.4 Å². The molecule has 1 saturated heterocycles. The van der Waals surface area contributed by atoms with Crippen molar-refractivity contribution in [1.29, 1.82) is 0 Å². The van der Waals surface area contributed by atoms with E-state index >= 15 is 0 Å². The fourth-order valence-corrected chi connectivity index (χ4v) is 3.47. The number of fused-ring (bicyclic) bond motifs is 1. The van der Waals surface area contributed by atoms with Crippen LogP contribution >= 0.6 is 0 Å². The van der Waals surface area contributed by atoms with E-state index in [2.05, 4.69) is 32.7 Å². The first-order chi connectivity index (χ1) is 11.2. The van der Waals surface area contributed by atoms with Crippen LogP contribution in [0.25, 0.3) is 11.0 Å². The SMILES string of the molecule is Cc1cc(C)n(C[C@H]2CCCN2c2cnc3ccccc3n2)n1. The number of anilines is 1. The minimum absolute atomic E-state index is 0.434. The van der Waals surface area contributed by atoms with Crippen molar-refractivity contribution in [1.82, 2.24) is 19.7 Å². The Balaban J connectivity index is 1.62. The topological polar surface area (TPSA) is 46.8 Å². The average molecular weight is 307 g/mol. The molecule has 23 heavy (non-hydrogen) atoms. The van der Waals surface area contributed by atoms with Gasteiger partial charge in [-0.2, -0.15) is 5.10 Å². The highest BCUT2D eigenvalue weighted by Crippen LogP contribution is 2.26. The molecule has 5 heteroatoms. The normalized spacial score (nSPS) is 18.0. The molecule has 1 aliphatic heterocycles. The van der Waals surface area contributed by atoms with Gasteiger partial charge in [-0.15, -0.1) is 0 Å². The van der Waals surface area contributed by atoms with Gasteiger partial charge in [0.1, 0.15) is 5.82 Å². The van der Waals surface area contributed by atoms with Crippen molar-refractivity contribution in [3.63, 3.8) is 0 Å². The maximum Gasteiger partial charge on any atom is 0.148 e. The largest absolute Gasteiger partial charge is 0.350 e. The molecular formula is C18H21N5. The summed E-state index contributed by atoms with van der Waals surface area (Å²) in [5.74, 6) is 0.979. The Bertz CT molecular complexity index is 838. The van der Waals surface area contributed by atoms with Gasteiger partial charge in [0.2, 0.25) is 0 Å². The lowest BCUT2D eigenvalue weighted by Crippen LogP contribution is -2.34. The van der Waals surface area contributed by atoms with Crippen molar-refractivity contribution in [2.45, 2.75) is 39.3 Å². The molecule has 0 N–H and O–H groups in total. The van der Waals surface area contributed by atoms with E-state index in [4.69, 9.17) is 4.98 Å². The van der Waals surface area contributed by atoms with Crippen molar-refractivity contribution in [2.24, 2.45) is 0 Å². The van der Waals surface area contributed by atoms with Crippen molar-refractivity contribution in [3.8, 4) is 0 Å². The molecule has 0 bridgehead atoms. The van der Waals surface area contributed by atoms with Gasteiger partial charge in [-0.25, -0.2) is 4.98 Å². The molecule has 0 amide bonds. The number of hydrogen-bond donors (Lipinski definition) is 0. The number of para-hydroxylation sites is 2. The number of aryl methyl sites for hydroxylation is 2. The summed E-state index contributed by atoms with van der Waals surface area (Å²) in [4.78, 5) is 11.8. The first-order valence-electron chi connectivity index (χ1n) is 8.20. The molecule has 118 valence electrons. The van der Waals surface area contributed by atoms with Gasteiger partial charge < -0.3 is 4.90 Å². The summed E-state index contributed by atoms with van der Waals surface area (Å²) in [6, 6.07) is 10.6. The molecule has 0 spiro atoms. The standard InChI is InChI=1S/C18H21N5/c1-13-10-14(2)23(21-13)12-15-6-5-9-22(15)18-11-19-16-7-3-4-8-17(16)20-18/h3-4,7-8,10-11,15H,5-6,9,12H2,1-2H3/t15-/m1/s1. The first-order valence-corrected chi connectivity index (χ1v) is 8.20. The Hall–Kier alpha value is -2.43. The zero-order chi connectivity index (χ0) is 15.8. The first kappa shape index (κ1) is 14.2. The van der Waals surface area contributed by atoms with Gasteiger partial charge in [0.15, 0.2) is 0 Å². The second-order valence-corrected chi connectivity index (χ2v) is 6.32. The summed E-state index contributed by atoms with van der Waals surface area (Å²) < 4.78 is 2.12. The second-order valence-electron chi connectivity index (χ2n) is 6.32. The van der Waals surface area contributed by atoms with Crippen LogP contribution < -0.4 is 4.90 Å². The summed E-state index contributed by atoms with van der Waals surface area (Å²) in [6.07, 6.45) is 4.27. The summed E-state index contributed by atoms with van der Waals surface area (Å²) in [7, 11) is 0. The van der Waals surface area contributed by atoms with Gasteiger partial charge in [0.25, 0.3) is 0 Å². The molecule has 2 aromatic heterocycles. The summed E-state index contributed by atoms with van der Waals surface area (Å²) in [5.41, 5.74) is 4.21. The van der Waals surface area contributed by atoms with Crippen LogP contribution in [0.1, 0.15) is 24.2 Å². The molecule has 0 unspecified atom stereocenters. The van der Waals surface area contributed by atoms with Crippen LogP contribution in [0.4, 0.5) is 5.82 Å².